The predicted octanol–water partition coefficient (Wildman–Crippen LogP) is 3.69. The molecule has 1 saturated heterocycles. The van der Waals surface area contributed by atoms with Crippen molar-refractivity contribution in [3.05, 3.63) is 0 Å². The third-order valence-corrected chi connectivity index (χ3v) is 6.13. The van der Waals surface area contributed by atoms with Gasteiger partial charge in [-0.25, -0.2) is 0 Å². The molecule has 2 heteroatoms. The Morgan fingerprint density at radius 2 is 2.00 bits per heavy atom. The average molecular weight is 241 g/mol. The zero-order valence-electron chi connectivity index (χ0n) is 10.9. The predicted molar refractivity (Wildman–Crippen MR) is 74.1 cm³/mol. The van der Waals surface area contributed by atoms with Crippen molar-refractivity contribution in [2.75, 3.05) is 12.8 Å². The summed E-state index contributed by atoms with van der Waals surface area (Å²) >= 11 is 2.22. The van der Waals surface area contributed by atoms with Crippen LogP contribution >= 0.6 is 11.8 Å². The monoisotopic (exact) mass is 241 g/mol. The van der Waals surface area contributed by atoms with E-state index in [1.165, 1.54) is 50.7 Å². The lowest BCUT2D eigenvalue weighted by atomic mass is 9.73. The molecule has 1 nitrogen and oxygen atoms in total. The van der Waals surface area contributed by atoms with Crippen molar-refractivity contribution in [2.45, 2.75) is 63.2 Å². The van der Waals surface area contributed by atoms with Crippen molar-refractivity contribution in [1.82, 2.24) is 5.32 Å². The van der Waals surface area contributed by atoms with E-state index >= 15 is 0 Å². The molecule has 1 aliphatic carbocycles. The van der Waals surface area contributed by atoms with Gasteiger partial charge in [-0.2, -0.15) is 11.8 Å². The lowest BCUT2D eigenvalue weighted by molar-refractivity contribution is 0.176. The lowest BCUT2D eigenvalue weighted by Crippen LogP contribution is -2.45. The lowest BCUT2D eigenvalue weighted by Gasteiger charge is -2.39. The molecule has 0 amide bonds. The highest BCUT2D eigenvalue weighted by atomic mass is 32.2. The number of hydrogen-bond donors (Lipinski definition) is 1. The second kappa shape index (κ2) is 6.30. The highest BCUT2D eigenvalue weighted by molar-refractivity contribution is 8.00. The van der Waals surface area contributed by atoms with Gasteiger partial charge in [0.1, 0.15) is 0 Å². The van der Waals surface area contributed by atoms with Crippen LogP contribution in [-0.2, 0) is 0 Å². The molecule has 1 saturated carbocycles. The number of hydrogen-bond acceptors (Lipinski definition) is 2. The molecule has 2 aliphatic rings. The molecule has 0 aromatic heterocycles. The maximum absolute atomic E-state index is 3.66. The quantitative estimate of drug-likeness (QED) is 0.805. The minimum atomic E-state index is 0.790. The molecular formula is C14H27NS. The highest BCUT2D eigenvalue weighted by Gasteiger charge is 2.35. The van der Waals surface area contributed by atoms with Crippen molar-refractivity contribution >= 4 is 11.8 Å². The van der Waals surface area contributed by atoms with Gasteiger partial charge in [0.25, 0.3) is 0 Å². The van der Waals surface area contributed by atoms with Gasteiger partial charge in [0.05, 0.1) is 0 Å². The first-order valence-electron chi connectivity index (χ1n) is 7.15. The maximum Gasteiger partial charge on any atom is 0.0214 e. The topological polar surface area (TPSA) is 12.0 Å². The van der Waals surface area contributed by atoms with Gasteiger partial charge in [0, 0.05) is 11.3 Å². The minimum Gasteiger partial charge on any atom is -0.316 e. The number of thioether (sulfide) groups is 1. The van der Waals surface area contributed by atoms with E-state index in [-0.39, 0.29) is 0 Å². The van der Waals surface area contributed by atoms with Crippen LogP contribution in [0.25, 0.3) is 0 Å². The molecule has 4 unspecified atom stereocenters. The van der Waals surface area contributed by atoms with E-state index in [1.807, 2.05) is 0 Å². The summed E-state index contributed by atoms with van der Waals surface area (Å²) in [6.45, 7) is 2.39. The van der Waals surface area contributed by atoms with Crippen LogP contribution in [0.3, 0.4) is 0 Å². The third kappa shape index (κ3) is 2.76. The van der Waals surface area contributed by atoms with Crippen molar-refractivity contribution in [3.8, 4) is 0 Å². The Morgan fingerprint density at radius 1 is 1.19 bits per heavy atom. The van der Waals surface area contributed by atoms with Gasteiger partial charge in [0.15, 0.2) is 0 Å². The fraction of sp³-hybridized carbons (Fsp3) is 1.00. The van der Waals surface area contributed by atoms with E-state index in [9.17, 15) is 0 Å². The second-order valence-corrected chi connectivity index (χ2v) is 6.83. The fourth-order valence-electron chi connectivity index (χ4n) is 3.78. The summed E-state index contributed by atoms with van der Waals surface area (Å²) in [7, 11) is 2.19. The summed E-state index contributed by atoms with van der Waals surface area (Å²) < 4.78 is 0. The maximum atomic E-state index is 3.66. The van der Waals surface area contributed by atoms with Gasteiger partial charge in [-0.05, 0) is 43.9 Å². The first kappa shape index (κ1) is 12.8. The molecule has 0 radical (unpaired) electrons. The van der Waals surface area contributed by atoms with Crippen LogP contribution in [0.5, 0.6) is 0 Å². The largest absolute Gasteiger partial charge is 0.316 e. The molecule has 1 N–H and O–H groups in total. The van der Waals surface area contributed by atoms with Crippen LogP contribution in [0.2, 0.25) is 0 Å². The Kier molecular flexibility index (Phi) is 5.02. The Labute approximate surface area is 105 Å². The zero-order valence-corrected chi connectivity index (χ0v) is 11.7. The summed E-state index contributed by atoms with van der Waals surface area (Å²) in [6, 6.07) is 0.790. The molecule has 2 fully saturated rings. The normalized spacial score (nSPS) is 37.5. The van der Waals surface area contributed by atoms with Gasteiger partial charge < -0.3 is 5.32 Å². The molecular weight excluding hydrogens is 214 g/mol. The fourth-order valence-corrected chi connectivity index (χ4v) is 5.29. The summed E-state index contributed by atoms with van der Waals surface area (Å²) in [6.07, 6.45) is 10.2. The van der Waals surface area contributed by atoms with Crippen LogP contribution in [-0.4, -0.2) is 24.1 Å². The second-order valence-electron chi connectivity index (χ2n) is 5.48. The third-order valence-electron chi connectivity index (χ3n) is 4.65. The molecule has 1 aliphatic heterocycles. The van der Waals surface area contributed by atoms with Gasteiger partial charge in [-0.15, -0.1) is 0 Å². The van der Waals surface area contributed by atoms with Gasteiger partial charge in [0.2, 0.25) is 0 Å². The van der Waals surface area contributed by atoms with Crippen LogP contribution in [0, 0.1) is 11.8 Å². The first-order chi connectivity index (χ1) is 7.86. The van der Waals surface area contributed by atoms with E-state index in [2.05, 4.69) is 31.1 Å². The van der Waals surface area contributed by atoms with E-state index in [0.717, 1.165) is 23.1 Å². The summed E-state index contributed by atoms with van der Waals surface area (Å²) in [4.78, 5) is 0. The molecule has 94 valence electrons. The SMILES string of the molecule is CCC1CCCCC1C(NC)C1CCCS1. The number of nitrogens with one attached hydrogen (secondary N) is 1. The van der Waals surface area contributed by atoms with Crippen molar-refractivity contribution < 1.29 is 0 Å². The molecule has 1 heterocycles. The number of rotatable bonds is 4. The Balaban J connectivity index is 1.99. The standard InChI is InChI=1S/C14H27NS/c1-3-11-7-4-5-8-12(11)14(15-2)13-9-6-10-16-13/h11-15H,3-10H2,1-2H3. The average Bonchev–Trinajstić information content (AvgIpc) is 2.84. The summed E-state index contributed by atoms with van der Waals surface area (Å²) in [5.41, 5.74) is 0. The van der Waals surface area contributed by atoms with Crippen LogP contribution < -0.4 is 5.32 Å². The first-order valence-corrected chi connectivity index (χ1v) is 8.20. The van der Waals surface area contributed by atoms with E-state index in [4.69, 9.17) is 0 Å². The van der Waals surface area contributed by atoms with E-state index in [1.54, 1.807) is 0 Å². The molecule has 0 aromatic carbocycles. The van der Waals surface area contributed by atoms with Crippen molar-refractivity contribution in [1.29, 1.82) is 0 Å². The Hall–Kier alpha value is 0.310. The summed E-state index contributed by atoms with van der Waals surface area (Å²) in [5, 5.41) is 4.56. The van der Waals surface area contributed by atoms with Crippen LogP contribution in [0.1, 0.15) is 51.9 Å². The molecule has 0 spiro atoms. The van der Waals surface area contributed by atoms with Gasteiger partial charge in [-0.3, -0.25) is 0 Å². The van der Waals surface area contributed by atoms with E-state index in [0.29, 0.717) is 0 Å². The van der Waals surface area contributed by atoms with Crippen LogP contribution in [0.4, 0.5) is 0 Å². The molecule has 0 bridgehead atoms. The minimum absolute atomic E-state index is 0.790. The van der Waals surface area contributed by atoms with E-state index < -0.39 is 0 Å². The van der Waals surface area contributed by atoms with Gasteiger partial charge in [-0.1, -0.05) is 32.6 Å². The molecule has 2 rings (SSSR count). The molecule has 0 aromatic rings. The smallest absolute Gasteiger partial charge is 0.0214 e. The van der Waals surface area contributed by atoms with Crippen LogP contribution in [0.15, 0.2) is 0 Å². The highest BCUT2D eigenvalue weighted by Crippen LogP contribution is 2.40. The summed E-state index contributed by atoms with van der Waals surface area (Å²) in [5.74, 6) is 3.35. The zero-order chi connectivity index (χ0) is 11.4. The van der Waals surface area contributed by atoms with Crippen molar-refractivity contribution in [3.63, 3.8) is 0 Å². The molecule has 16 heavy (non-hydrogen) atoms. The molecule has 4 atom stereocenters. The van der Waals surface area contributed by atoms with Gasteiger partial charge >= 0.3 is 0 Å². The Morgan fingerprint density at radius 3 is 2.62 bits per heavy atom. The van der Waals surface area contributed by atoms with Crippen molar-refractivity contribution in [2.24, 2.45) is 11.8 Å². The Bertz CT molecular complexity index is 199.